The molecular formula is C33H35N3O7S. The molecule has 2 amide bonds. The van der Waals surface area contributed by atoms with Crippen molar-refractivity contribution in [3.8, 4) is 0 Å². The van der Waals surface area contributed by atoms with Gasteiger partial charge in [0.1, 0.15) is 18.7 Å². The van der Waals surface area contributed by atoms with Gasteiger partial charge in [0.15, 0.2) is 0 Å². The Morgan fingerprint density at radius 3 is 2.20 bits per heavy atom. The predicted molar refractivity (Wildman–Crippen MR) is 166 cm³/mol. The van der Waals surface area contributed by atoms with Gasteiger partial charge in [-0.3, -0.25) is 14.4 Å². The van der Waals surface area contributed by atoms with Crippen molar-refractivity contribution in [1.82, 2.24) is 15.4 Å². The number of hydrogen-bond donors (Lipinski definition) is 3. The maximum atomic E-state index is 13.5. The minimum atomic E-state index is -4.22. The zero-order valence-electron chi connectivity index (χ0n) is 24.5. The van der Waals surface area contributed by atoms with Crippen LogP contribution in [0.5, 0.6) is 0 Å². The maximum absolute atomic E-state index is 13.5. The number of hydrogen-bond acceptors (Lipinski definition) is 7. The van der Waals surface area contributed by atoms with E-state index in [0.29, 0.717) is 0 Å². The highest BCUT2D eigenvalue weighted by molar-refractivity contribution is 7.89. The van der Waals surface area contributed by atoms with Crippen LogP contribution in [-0.4, -0.2) is 52.0 Å². The summed E-state index contributed by atoms with van der Waals surface area (Å²) in [5, 5.41) is 7.35. The Bertz CT molecular complexity index is 1690. The fourth-order valence-corrected chi connectivity index (χ4v) is 5.69. The molecule has 2 atom stereocenters. The van der Waals surface area contributed by atoms with Crippen LogP contribution >= 0.6 is 0 Å². The van der Waals surface area contributed by atoms with Crippen LogP contribution in [-0.2, 0) is 47.0 Å². The molecule has 0 aliphatic rings. The molecule has 4 rings (SSSR count). The normalized spacial score (nSPS) is 12.7. The number of sulfonamides is 1. The van der Waals surface area contributed by atoms with Gasteiger partial charge in [-0.1, -0.05) is 90.5 Å². The van der Waals surface area contributed by atoms with Crippen molar-refractivity contribution in [2.75, 3.05) is 13.7 Å². The number of rotatable bonds is 14. The third-order valence-electron chi connectivity index (χ3n) is 6.86. The van der Waals surface area contributed by atoms with Gasteiger partial charge in [-0.25, -0.2) is 8.42 Å². The van der Waals surface area contributed by atoms with Crippen LogP contribution in [0.3, 0.4) is 0 Å². The SMILES string of the molecule is COC[C@H](NC(=O)[C@H](CC(=O)OCc1ccccc1)NS(=O)(=O)c1ccc(C)cc1)C(=O)NCc1cccc2ccccc12. The predicted octanol–water partition coefficient (Wildman–Crippen LogP) is 3.38. The van der Waals surface area contributed by atoms with Gasteiger partial charge < -0.3 is 20.1 Å². The number of benzene rings is 4. The van der Waals surface area contributed by atoms with Gasteiger partial charge in [-0.05, 0) is 41.0 Å². The molecule has 4 aromatic carbocycles. The van der Waals surface area contributed by atoms with E-state index in [-0.39, 0.29) is 24.7 Å². The summed E-state index contributed by atoms with van der Waals surface area (Å²) >= 11 is 0. The highest BCUT2D eigenvalue weighted by Crippen LogP contribution is 2.18. The van der Waals surface area contributed by atoms with Gasteiger partial charge in [0.25, 0.3) is 0 Å². The number of esters is 1. The fraction of sp³-hybridized carbons (Fsp3) is 0.242. The summed E-state index contributed by atoms with van der Waals surface area (Å²) < 4.78 is 39.2. The number of fused-ring (bicyclic) bond motifs is 1. The quantitative estimate of drug-likeness (QED) is 0.184. The van der Waals surface area contributed by atoms with E-state index in [0.717, 1.165) is 27.5 Å². The molecule has 0 saturated carbocycles. The molecule has 0 bridgehead atoms. The molecule has 0 saturated heterocycles. The van der Waals surface area contributed by atoms with Gasteiger partial charge in [0.05, 0.1) is 17.9 Å². The molecule has 10 nitrogen and oxygen atoms in total. The lowest BCUT2D eigenvalue weighted by Crippen LogP contribution is -2.55. The highest BCUT2D eigenvalue weighted by Gasteiger charge is 2.31. The summed E-state index contributed by atoms with van der Waals surface area (Å²) in [5.74, 6) is -2.23. The van der Waals surface area contributed by atoms with Crippen LogP contribution in [0.25, 0.3) is 10.8 Å². The molecule has 0 aromatic heterocycles. The topological polar surface area (TPSA) is 140 Å². The maximum Gasteiger partial charge on any atom is 0.308 e. The Labute approximate surface area is 256 Å². The Morgan fingerprint density at radius 2 is 1.48 bits per heavy atom. The van der Waals surface area contributed by atoms with Crippen molar-refractivity contribution in [3.05, 3.63) is 114 Å². The van der Waals surface area contributed by atoms with E-state index >= 15 is 0 Å². The number of methoxy groups -OCH3 is 1. The number of ether oxygens (including phenoxy) is 2. The van der Waals surface area contributed by atoms with E-state index in [9.17, 15) is 22.8 Å². The van der Waals surface area contributed by atoms with E-state index in [2.05, 4.69) is 15.4 Å². The van der Waals surface area contributed by atoms with E-state index in [4.69, 9.17) is 9.47 Å². The third-order valence-corrected chi connectivity index (χ3v) is 8.35. The van der Waals surface area contributed by atoms with Gasteiger partial charge in [-0.2, -0.15) is 4.72 Å². The van der Waals surface area contributed by atoms with Crippen LogP contribution in [0.15, 0.2) is 102 Å². The van der Waals surface area contributed by atoms with Crippen molar-refractivity contribution in [2.45, 2.75) is 43.5 Å². The second-order valence-corrected chi connectivity index (χ2v) is 11.9. The third kappa shape index (κ3) is 8.96. The minimum Gasteiger partial charge on any atom is -0.461 e. The largest absolute Gasteiger partial charge is 0.461 e. The molecule has 0 aliphatic heterocycles. The van der Waals surface area contributed by atoms with Crippen molar-refractivity contribution in [2.24, 2.45) is 0 Å². The van der Waals surface area contributed by atoms with Crippen molar-refractivity contribution >= 4 is 38.6 Å². The summed E-state index contributed by atoms with van der Waals surface area (Å²) in [4.78, 5) is 39.3. The summed E-state index contributed by atoms with van der Waals surface area (Å²) in [6.07, 6.45) is -0.610. The lowest BCUT2D eigenvalue weighted by Gasteiger charge is -2.22. The second-order valence-electron chi connectivity index (χ2n) is 10.2. The number of amides is 2. The van der Waals surface area contributed by atoms with Crippen LogP contribution in [0.1, 0.15) is 23.1 Å². The molecular weight excluding hydrogens is 582 g/mol. The minimum absolute atomic E-state index is 0.0540. The van der Waals surface area contributed by atoms with Crippen molar-refractivity contribution in [3.63, 3.8) is 0 Å². The van der Waals surface area contributed by atoms with Gasteiger partial charge in [0.2, 0.25) is 21.8 Å². The molecule has 3 N–H and O–H groups in total. The zero-order valence-corrected chi connectivity index (χ0v) is 25.3. The molecule has 4 aromatic rings. The van der Waals surface area contributed by atoms with Gasteiger partial charge in [-0.15, -0.1) is 0 Å². The molecule has 0 radical (unpaired) electrons. The number of nitrogens with one attached hydrogen (secondary N) is 3. The first-order chi connectivity index (χ1) is 21.2. The molecule has 0 aliphatic carbocycles. The van der Waals surface area contributed by atoms with E-state index in [1.165, 1.54) is 19.2 Å². The summed E-state index contributed by atoms with van der Waals surface area (Å²) in [6.45, 7) is 1.75. The monoisotopic (exact) mass is 617 g/mol. The average molecular weight is 618 g/mol. The standard InChI is InChI=1S/C33H35N3O7S/c1-23-15-17-27(18-16-23)44(40,41)36-29(19-31(37)43-21-24-9-4-3-5-10-24)33(39)35-30(22-42-2)32(38)34-20-26-13-8-12-25-11-6-7-14-28(25)26/h3-18,29-30,36H,19-22H2,1-2H3,(H,34,38)(H,35,39)/t29-,30-/m0/s1. The lowest BCUT2D eigenvalue weighted by molar-refractivity contribution is -0.147. The first kappa shape index (κ1) is 32.3. The van der Waals surface area contributed by atoms with Crippen molar-refractivity contribution < 1.29 is 32.3 Å². The molecule has 44 heavy (non-hydrogen) atoms. The molecule has 0 spiro atoms. The molecule has 11 heteroatoms. The Morgan fingerprint density at radius 1 is 0.795 bits per heavy atom. The molecule has 0 fully saturated rings. The van der Waals surface area contributed by atoms with Crippen LogP contribution < -0.4 is 15.4 Å². The zero-order chi connectivity index (χ0) is 31.5. The second kappa shape index (κ2) is 15.2. The van der Waals surface area contributed by atoms with Gasteiger partial charge in [0, 0.05) is 13.7 Å². The number of carbonyl (C=O) groups is 3. The van der Waals surface area contributed by atoms with Gasteiger partial charge >= 0.3 is 5.97 Å². The number of carbonyl (C=O) groups excluding carboxylic acids is 3. The molecule has 0 heterocycles. The summed E-state index contributed by atoms with van der Waals surface area (Å²) in [6, 6.07) is 25.7. The highest BCUT2D eigenvalue weighted by atomic mass is 32.2. The first-order valence-corrected chi connectivity index (χ1v) is 15.5. The lowest BCUT2D eigenvalue weighted by atomic mass is 10.0. The van der Waals surface area contributed by atoms with E-state index < -0.39 is 46.3 Å². The van der Waals surface area contributed by atoms with E-state index in [1.807, 2.05) is 55.5 Å². The summed E-state index contributed by atoms with van der Waals surface area (Å²) in [5.41, 5.74) is 2.45. The van der Waals surface area contributed by atoms with Crippen molar-refractivity contribution in [1.29, 1.82) is 0 Å². The fourth-order valence-electron chi connectivity index (χ4n) is 4.50. The Balaban J connectivity index is 1.48. The van der Waals surface area contributed by atoms with Crippen LogP contribution in [0.2, 0.25) is 0 Å². The summed E-state index contributed by atoms with van der Waals surface area (Å²) in [7, 11) is -2.85. The van der Waals surface area contributed by atoms with E-state index in [1.54, 1.807) is 36.4 Å². The molecule has 0 unspecified atom stereocenters. The Hall–Kier alpha value is -4.58. The van der Waals surface area contributed by atoms with Crippen LogP contribution in [0.4, 0.5) is 0 Å². The smallest absolute Gasteiger partial charge is 0.308 e. The Kier molecular flexibility index (Phi) is 11.2. The first-order valence-electron chi connectivity index (χ1n) is 14.0. The molecule has 230 valence electrons. The average Bonchev–Trinajstić information content (AvgIpc) is 3.02. The van der Waals surface area contributed by atoms with Crippen LogP contribution in [0, 0.1) is 6.92 Å². The number of aryl methyl sites for hydroxylation is 1.